The van der Waals surface area contributed by atoms with Crippen molar-refractivity contribution in [2.75, 3.05) is 7.05 Å². The highest BCUT2D eigenvalue weighted by molar-refractivity contribution is 6.32. The Morgan fingerprint density at radius 3 is 2.64 bits per heavy atom. The summed E-state index contributed by atoms with van der Waals surface area (Å²) in [4.78, 5) is 18.0. The molecule has 1 aromatic heterocycles. The van der Waals surface area contributed by atoms with E-state index in [1.165, 1.54) is 11.0 Å². The first kappa shape index (κ1) is 16.9. The molecule has 5 nitrogen and oxygen atoms in total. The van der Waals surface area contributed by atoms with Crippen molar-refractivity contribution in [2.24, 2.45) is 0 Å². The average Bonchev–Trinajstić information content (AvgIpc) is 3.10. The summed E-state index contributed by atoms with van der Waals surface area (Å²) < 4.78 is 5.22. The van der Waals surface area contributed by atoms with Gasteiger partial charge in [-0.2, -0.15) is 4.98 Å². The van der Waals surface area contributed by atoms with Crippen molar-refractivity contribution in [1.29, 1.82) is 0 Å². The summed E-state index contributed by atoms with van der Waals surface area (Å²) >= 11 is 6.07. The van der Waals surface area contributed by atoms with E-state index in [0.29, 0.717) is 16.7 Å². The van der Waals surface area contributed by atoms with Gasteiger partial charge in [-0.15, -0.1) is 0 Å². The second kappa shape index (κ2) is 7.77. The molecule has 3 aromatic rings. The highest BCUT2D eigenvalue weighted by atomic mass is 35.5. The standard InChI is InChI=1S/C19H16ClN3O2/c1-23(18(24)12-11-14-7-5-6-10-16(14)20)13-17-21-19(22-25-17)15-8-3-2-4-9-15/h2-12H,13H2,1H3/b12-11+. The maximum Gasteiger partial charge on any atom is 0.246 e. The molecular weight excluding hydrogens is 338 g/mol. The van der Waals surface area contributed by atoms with Crippen LogP contribution in [0.4, 0.5) is 0 Å². The minimum atomic E-state index is -0.181. The molecule has 0 unspecified atom stereocenters. The molecule has 1 heterocycles. The van der Waals surface area contributed by atoms with E-state index in [2.05, 4.69) is 10.1 Å². The Labute approximate surface area is 150 Å². The summed E-state index contributed by atoms with van der Waals surface area (Å²) in [5.41, 5.74) is 1.65. The molecule has 0 saturated carbocycles. The van der Waals surface area contributed by atoms with Crippen LogP contribution in [-0.4, -0.2) is 28.0 Å². The van der Waals surface area contributed by atoms with Crippen LogP contribution in [-0.2, 0) is 11.3 Å². The molecular formula is C19H16ClN3O2. The predicted octanol–water partition coefficient (Wildman–Crippen LogP) is 4.06. The van der Waals surface area contributed by atoms with Crippen LogP contribution in [0.3, 0.4) is 0 Å². The van der Waals surface area contributed by atoms with Gasteiger partial charge in [0.1, 0.15) is 0 Å². The Hall–Kier alpha value is -2.92. The number of rotatable bonds is 5. The van der Waals surface area contributed by atoms with E-state index in [9.17, 15) is 4.79 Å². The predicted molar refractivity (Wildman–Crippen MR) is 96.7 cm³/mol. The van der Waals surface area contributed by atoms with Crippen molar-refractivity contribution in [1.82, 2.24) is 15.0 Å². The summed E-state index contributed by atoms with van der Waals surface area (Å²) in [5, 5.41) is 4.54. The zero-order valence-electron chi connectivity index (χ0n) is 13.6. The van der Waals surface area contributed by atoms with Crippen molar-refractivity contribution in [3.05, 3.63) is 77.2 Å². The van der Waals surface area contributed by atoms with E-state index in [1.54, 1.807) is 19.2 Å². The molecule has 25 heavy (non-hydrogen) atoms. The molecule has 0 spiro atoms. The lowest BCUT2D eigenvalue weighted by Gasteiger charge is -2.11. The van der Waals surface area contributed by atoms with Gasteiger partial charge in [0.25, 0.3) is 0 Å². The minimum absolute atomic E-state index is 0.181. The lowest BCUT2D eigenvalue weighted by molar-refractivity contribution is -0.125. The Morgan fingerprint density at radius 1 is 1.16 bits per heavy atom. The average molecular weight is 354 g/mol. The second-order valence-corrected chi connectivity index (χ2v) is 5.83. The fraction of sp³-hybridized carbons (Fsp3) is 0.105. The molecule has 0 atom stereocenters. The molecule has 0 bridgehead atoms. The van der Waals surface area contributed by atoms with Gasteiger partial charge in [0.15, 0.2) is 0 Å². The first-order chi connectivity index (χ1) is 12.1. The van der Waals surface area contributed by atoms with Gasteiger partial charge >= 0.3 is 0 Å². The van der Waals surface area contributed by atoms with E-state index in [1.807, 2.05) is 48.5 Å². The molecule has 0 radical (unpaired) electrons. The lowest BCUT2D eigenvalue weighted by atomic mass is 10.2. The quantitative estimate of drug-likeness (QED) is 0.649. The number of carbonyl (C=O) groups is 1. The van der Waals surface area contributed by atoms with Gasteiger partial charge < -0.3 is 9.42 Å². The van der Waals surface area contributed by atoms with Crippen LogP contribution in [0.2, 0.25) is 5.02 Å². The number of benzene rings is 2. The van der Waals surface area contributed by atoms with Gasteiger partial charge in [0, 0.05) is 23.7 Å². The number of nitrogens with zero attached hydrogens (tertiary/aromatic N) is 3. The molecule has 0 aliphatic carbocycles. The van der Waals surface area contributed by atoms with Crippen LogP contribution >= 0.6 is 11.6 Å². The van der Waals surface area contributed by atoms with Crippen LogP contribution in [0.25, 0.3) is 17.5 Å². The van der Waals surface area contributed by atoms with Gasteiger partial charge in [0.05, 0.1) is 6.54 Å². The summed E-state index contributed by atoms with van der Waals surface area (Å²) in [6.07, 6.45) is 3.15. The van der Waals surface area contributed by atoms with E-state index < -0.39 is 0 Å². The second-order valence-electron chi connectivity index (χ2n) is 5.43. The Balaban J connectivity index is 1.64. The van der Waals surface area contributed by atoms with E-state index in [0.717, 1.165) is 11.1 Å². The smallest absolute Gasteiger partial charge is 0.246 e. The fourth-order valence-corrected chi connectivity index (χ4v) is 2.40. The van der Waals surface area contributed by atoms with E-state index >= 15 is 0 Å². The molecule has 0 fully saturated rings. The number of hydrogen-bond acceptors (Lipinski definition) is 4. The van der Waals surface area contributed by atoms with Crippen molar-refractivity contribution in [2.45, 2.75) is 6.54 Å². The molecule has 0 N–H and O–H groups in total. The molecule has 0 aliphatic rings. The number of likely N-dealkylation sites (N-methyl/N-ethyl adjacent to an activating group) is 1. The molecule has 1 amide bonds. The normalized spacial score (nSPS) is 11.0. The third-order valence-corrected chi connectivity index (χ3v) is 3.90. The summed E-state index contributed by atoms with van der Waals surface area (Å²) in [6, 6.07) is 16.8. The van der Waals surface area contributed by atoms with Crippen molar-refractivity contribution in [3.8, 4) is 11.4 Å². The summed E-state index contributed by atoms with van der Waals surface area (Å²) in [5.74, 6) is 0.697. The zero-order valence-corrected chi connectivity index (χ0v) is 14.3. The maximum absolute atomic E-state index is 12.2. The van der Waals surface area contributed by atoms with Gasteiger partial charge in [-0.3, -0.25) is 4.79 Å². The molecule has 0 aliphatic heterocycles. The topological polar surface area (TPSA) is 59.2 Å². The van der Waals surface area contributed by atoms with Gasteiger partial charge in [0.2, 0.25) is 17.6 Å². The zero-order chi connectivity index (χ0) is 17.6. The van der Waals surface area contributed by atoms with Crippen LogP contribution in [0.15, 0.2) is 65.2 Å². The lowest BCUT2D eigenvalue weighted by Crippen LogP contribution is -2.24. The summed E-state index contributed by atoms with van der Waals surface area (Å²) in [6.45, 7) is 0.228. The monoisotopic (exact) mass is 353 g/mol. The van der Waals surface area contributed by atoms with Crippen LogP contribution in [0, 0.1) is 0 Å². The van der Waals surface area contributed by atoms with Crippen LogP contribution < -0.4 is 0 Å². The largest absolute Gasteiger partial charge is 0.337 e. The number of amides is 1. The van der Waals surface area contributed by atoms with Gasteiger partial charge in [-0.05, 0) is 17.7 Å². The molecule has 3 rings (SSSR count). The Kier molecular flexibility index (Phi) is 5.26. The Bertz CT molecular complexity index is 890. The van der Waals surface area contributed by atoms with Gasteiger partial charge in [-0.25, -0.2) is 0 Å². The van der Waals surface area contributed by atoms with Crippen molar-refractivity contribution < 1.29 is 9.32 Å². The molecule has 126 valence electrons. The van der Waals surface area contributed by atoms with E-state index in [-0.39, 0.29) is 12.5 Å². The number of halogens is 1. The highest BCUT2D eigenvalue weighted by Crippen LogP contribution is 2.17. The van der Waals surface area contributed by atoms with Gasteiger partial charge in [-0.1, -0.05) is 65.3 Å². The summed E-state index contributed by atoms with van der Waals surface area (Å²) in [7, 11) is 1.67. The number of hydrogen-bond donors (Lipinski definition) is 0. The molecule has 6 heteroatoms. The first-order valence-corrected chi connectivity index (χ1v) is 8.07. The van der Waals surface area contributed by atoms with E-state index in [4.69, 9.17) is 16.1 Å². The Morgan fingerprint density at radius 2 is 1.88 bits per heavy atom. The highest BCUT2D eigenvalue weighted by Gasteiger charge is 2.13. The van der Waals surface area contributed by atoms with Crippen molar-refractivity contribution in [3.63, 3.8) is 0 Å². The number of carbonyl (C=O) groups excluding carboxylic acids is 1. The molecule has 2 aromatic carbocycles. The van der Waals surface area contributed by atoms with Crippen LogP contribution in [0.1, 0.15) is 11.5 Å². The third kappa shape index (κ3) is 4.33. The third-order valence-electron chi connectivity index (χ3n) is 3.56. The SMILES string of the molecule is CN(Cc1nc(-c2ccccc2)no1)C(=O)/C=C/c1ccccc1Cl. The maximum atomic E-state index is 12.2. The minimum Gasteiger partial charge on any atom is -0.337 e. The van der Waals surface area contributed by atoms with Crippen molar-refractivity contribution >= 4 is 23.6 Å². The number of aromatic nitrogens is 2. The molecule has 0 saturated heterocycles. The fourth-order valence-electron chi connectivity index (χ4n) is 2.20. The van der Waals surface area contributed by atoms with Crippen LogP contribution in [0.5, 0.6) is 0 Å². The first-order valence-electron chi connectivity index (χ1n) is 7.69.